The Balaban J connectivity index is 1.77. The maximum Gasteiger partial charge on any atom is 0.224 e. The van der Waals surface area contributed by atoms with Gasteiger partial charge in [-0.25, -0.2) is 0 Å². The van der Waals surface area contributed by atoms with Crippen LogP contribution in [0.5, 0.6) is 0 Å². The summed E-state index contributed by atoms with van der Waals surface area (Å²) in [6.45, 7) is 5.72. The molecule has 0 saturated carbocycles. The van der Waals surface area contributed by atoms with Gasteiger partial charge >= 0.3 is 0 Å². The number of benzene rings is 1. The molecule has 1 fully saturated rings. The van der Waals surface area contributed by atoms with Crippen LogP contribution in [0.1, 0.15) is 24.5 Å². The van der Waals surface area contributed by atoms with Crippen molar-refractivity contribution in [2.75, 3.05) is 19.7 Å². The Kier molecular flexibility index (Phi) is 5.36. The molecule has 1 heterocycles. The topological polar surface area (TPSA) is 50.4 Å². The van der Waals surface area contributed by atoms with E-state index in [2.05, 4.69) is 10.6 Å². The highest BCUT2D eigenvalue weighted by molar-refractivity contribution is 5.79. The van der Waals surface area contributed by atoms with Gasteiger partial charge in [-0.1, -0.05) is 24.3 Å². The molecule has 0 aromatic heterocycles. The van der Waals surface area contributed by atoms with E-state index in [1.807, 2.05) is 31.2 Å². The maximum atomic E-state index is 11.9. The number of rotatable bonds is 6. The highest BCUT2D eigenvalue weighted by Gasteiger charge is 2.21. The molecule has 1 saturated heterocycles. The average molecular weight is 262 g/mol. The fraction of sp³-hybridized carbons (Fsp3) is 0.533. The summed E-state index contributed by atoms with van der Waals surface area (Å²) in [6.07, 6.45) is 0.944. The molecule has 1 amide bonds. The molecule has 0 aliphatic carbocycles. The van der Waals surface area contributed by atoms with Gasteiger partial charge in [-0.2, -0.15) is 0 Å². The van der Waals surface area contributed by atoms with E-state index in [-0.39, 0.29) is 11.8 Å². The Morgan fingerprint density at radius 2 is 2.11 bits per heavy atom. The van der Waals surface area contributed by atoms with Gasteiger partial charge in [-0.3, -0.25) is 4.79 Å². The molecule has 104 valence electrons. The zero-order valence-electron chi connectivity index (χ0n) is 11.4. The monoisotopic (exact) mass is 262 g/mol. The third-order valence-electron chi connectivity index (χ3n) is 3.39. The van der Waals surface area contributed by atoms with Crippen molar-refractivity contribution in [2.24, 2.45) is 5.92 Å². The van der Waals surface area contributed by atoms with Gasteiger partial charge in [0.05, 0.1) is 12.5 Å². The molecule has 1 atom stereocenters. The van der Waals surface area contributed by atoms with Crippen molar-refractivity contribution in [1.29, 1.82) is 0 Å². The summed E-state index contributed by atoms with van der Waals surface area (Å²) in [4.78, 5) is 11.9. The molecule has 2 N–H and O–H groups in total. The van der Waals surface area contributed by atoms with Crippen molar-refractivity contribution in [3.8, 4) is 0 Å². The lowest BCUT2D eigenvalue weighted by Gasteiger charge is -2.10. The van der Waals surface area contributed by atoms with Crippen LogP contribution < -0.4 is 10.6 Å². The number of carbonyl (C=O) groups is 1. The lowest BCUT2D eigenvalue weighted by molar-refractivity contribution is -0.124. The number of hydrogen-bond donors (Lipinski definition) is 2. The Labute approximate surface area is 114 Å². The van der Waals surface area contributed by atoms with Crippen molar-refractivity contribution >= 4 is 5.91 Å². The molecule has 1 aliphatic rings. The Bertz CT molecular complexity index is 397. The fourth-order valence-corrected chi connectivity index (χ4v) is 2.19. The normalized spacial score (nSPS) is 18.5. The Hall–Kier alpha value is -1.39. The summed E-state index contributed by atoms with van der Waals surface area (Å²) in [5, 5.41) is 6.20. The molecule has 0 spiro atoms. The van der Waals surface area contributed by atoms with E-state index in [1.54, 1.807) is 0 Å². The SMILES string of the molecule is CCOCc1ccc(CNC(=O)C2CCNC2)cc1. The van der Waals surface area contributed by atoms with E-state index < -0.39 is 0 Å². The first-order chi connectivity index (χ1) is 9.29. The zero-order chi connectivity index (χ0) is 13.5. The van der Waals surface area contributed by atoms with Crippen molar-refractivity contribution in [1.82, 2.24) is 10.6 Å². The van der Waals surface area contributed by atoms with Crippen molar-refractivity contribution in [3.05, 3.63) is 35.4 Å². The van der Waals surface area contributed by atoms with Crippen LogP contribution in [-0.4, -0.2) is 25.6 Å². The second kappa shape index (κ2) is 7.26. The molecule has 4 heteroatoms. The average Bonchev–Trinajstić information content (AvgIpc) is 2.98. The molecule has 1 unspecified atom stereocenters. The van der Waals surface area contributed by atoms with E-state index in [4.69, 9.17) is 4.74 Å². The smallest absolute Gasteiger partial charge is 0.224 e. The molecular formula is C15H22N2O2. The summed E-state index contributed by atoms with van der Waals surface area (Å²) in [5.41, 5.74) is 2.29. The minimum Gasteiger partial charge on any atom is -0.377 e. The zero-order valence-corrected chi connectivity index (χ0v) is 11.4. The summed E-state index contributed by atoms with van der Waals surface area (Å²) in [6, 6.07) is 8.19. The molecule has 0 radical (unpaired) electrons. The first-order valence-corrected chi connectivity index (χ1v) is 6.93. The standard InChI is InChI=1S/C15H22N2O2/c1-2-19-11-13-5-3-12(4-6-13)9-17-15(18)14-7-8-16-10-14/h3-6,14,16H,2,7-11H2,1H3,(H,17,18). The van der Waals surface area contributed by atoms with Crippen LogP contribution in [0.25, 0.3) is 0 Å². The number of hydrogen-bond acceptors (Lipinski definition) is 3. The summed E-state index contributed by atoms with van der Waals surface area (Å²) >= 11 is 0. The van der Waals surface area contributed by atoms with Gasteiger partial charge in [-0.15, -0.1) is 0 Å². The molecule has 19 heavy (non-hydrogen) atoms. The highest BCUT2D eigenvalue weighted by atomic mass is 16.5. The molecule has 2 rings (SSSR count). The predicted molar refractivity (Wildman–Crippen MR) is 74.6 cm³/mol. The minimum atomic E-state index is 0.136. The minimum absolute atomic E-state index is 0.136. The summed E-state index contributed by atoms with van der Waals surface area (Å²) < 4.78 is 5.35. The molecule has 4 nitrogen and oxygen atoms in total. The van der Waals surface area contributed by atoms with Gasteiger partial charge in [0.2, 0.25) is 5.91 Å². The second-order valence-corrected chi connectivity index (χ2v) is 4.86. The molecule has 1 aliphatic heterocycles. The van der Waals surface area contributed by atoms with Gasteiger partial charge in [-0.05, 0) is 31.0 Å². The molecule has 1 aromatic carbocycles. The van der Waals surface area contributed by atoms with Crippen molar-refractivity contribution in [3.63, 3.8) is 0 Å². The number of nitrogens with one attached hydrogen (secondary N) is 2. The van der Waals surface area contributed by atoms with Crippen molar-refractivity contribution < 1.29 is 9.53 Å². The van der Waals surface area contributed by atoms with E-state index in [1.165, 1.54) is 0 Å². The van der Waals surface area contributed by atoms with E-state index in [9.17, 15) is 4.79 Å². The lowest BCUT2D eigenvalue weighted by Crippen LogP contribution is -2.31. The van der Waals surface area contributed by atoms with Crippen LogP contribution in [0.4, 0.5) is 0 Å². The van der Waals surface area contributed by atoms with Gasteiger partial charge in [0.25, 0.3) is 0 Å². The third-order valence-corrected chi connectivity index (χ3v) is 3.39. The van der Waals surface area contributed by atoms with E-state index in [0.29, 0.717) is 13.2 Å². The predicted octanol–water partition coefficient (Wildman–Crippen LogP) is 1.45. The molecule has 0 bridgehead atoms. The quantitative estimate of drug-likeness (QED) is 0.816. The van der Waals surface area contributed by atoms with Gasteiger partial charge in [0, 0.05) is 19.7 Å². The van der Waals surface area contributed by atoms with Gasteiger partial charge in [0.1, 0.15) is 0 Å². The van der Waals surface area contributed by atoms with Crippen LogP contribution in [0.3, 0.4) is 0 Å². The van der Waals surface area contributed by atoms with Crippen LogP contribution in [0.15, 0.2) is 24.3 Å². The Morgan fingerprint density at radius 1 is 1.37 bits per heavy atom. The molecule has 1 aromatic rings. The molecular weight excluding hydrogens is 240 g/mol. The summed E-state index contributed by atoms with van der Waals surface area (Å²) in [7, 11) is 0. The maximum absolute atomic E-state index is 11.9. The van der Waals surface area contributed by atoms with Crippen LogP contribution in [-0.2, 0) is 22.7 Å². The van der Waals surface area contributed by atoms with Gasteiger partial charge < -0.3 is 15.4 Å². The van der Waals surface area contributed by atoms with Crippen LogP contribution in [0.2, 0.25) is 0 Å². The number of carbonyl (C=O) groups excluding carboxylic acids is 1. The van der Waals surface area contributed by atoms with Crippen LogP contribution >= 0.6 is 0 Å². The van der Waals surface area contributed by atoms with Gasteiger partial charge in [0.15, 0.2) is 0 Å². The lowest BCUT2D eigenvalue weighted by atomic mass is 10.1. The Morgan fingerprint density at radius 3 is 2.74 bits per heavy atom. The largest absolute Gasteiger partial charge is 0.377 e. The second-order valence-electron chi connectivity index (χ2n) is 4.86. The first kappa shape index (κ1) is 14.0. The third kappa shape index (κ3) is 4.33. The number of amides is 1. The highest BCUT2D eigenvalue weighted by Crippen LogP contribution is 2.09. The van der Waals surface area contributed by atoms with Crippen LogP contribution in [0, 0.1) is 5.92 Å². The summed E-state index contributed by atoms with van der Waals surface area (Å²) in [5.74, 6) is 0.292. The van der Waals surface area contributed by atoms with Crippen molar-refractivity contribution in [2.45, 2.75) is 26.5 Å². The number of ether oxygens (including phenoxy) is 1. The van der Waals surface area contributed by atoms with E-state index >= 15 is 0 Å². The fourth-order valence-electron chi connectivity index (χ4n) is 2.19. The van der Waals surface area contributed by atoms with E-state index in [0.717, 1.165) is 37.2 Å². The first-order valence-electron chi connectivity index (χ1n) is 6.93.